The molecule has 0 spiro atoms. The minimum absolute atomic E-state index is 0.243. The van der Waals surface area contributed by atoms with Crippen LogP contribution in [0.5, 0.6) is 0 Å². The van der Waals surface area contributed by atoms with Crippen molar-refractivity contribution in [3.8, 4) is 5.82 Å². The first-order valence-corrected chi connectivity index (χ1v) is 5.12. The molecule has 6 nitrogen and oxygen atoms in total. The van der Waals surface area contributed by atoms with Crippen molar-refractivity contribution >= 4 is 11.0 Å². The number of hydrogen-bond donors (Lipinski definition) is 1. The second-order valence-electron chi connectivity index (χ2n) is 3.61. The first kappa shape index (κ1) is 9.71. The van der Waals surface area contributed by atoms with Gasteiger partial charge in [0.1, 0.15) is 5.52 Å². The summed E-state index contributed by atoms with van der Waals surface area (Å²) in [6.45, 7) is 1.86. The Balaban J connectivity index is 2.36. The van der Waals surface area contributed by atoms with E-state index in [0.717, 1.165) is 5.69 Å². The van der Waals surface area contributed by atoms with Gasteiger partial charge in [-0.1, -0.05) is 6.07 Å². The molecule has 0 radical (unpaired) electrons. The summed E-state index contributed by atoms with van der Waals surface area (Å²) in [4.78, 5) is 22.4. The van der Waals surface area contributed by atoms with E-state index in [2.05, 4.69) is 20.1 Å². The normalized spacial score (nSPS) is 10.9. The van der Waals surface area contributed by atoms with E-state index in [4.69, 9.17) is 0 Å². The summed E-state index contributed by atoms with van der Waals surface area (Å²) >= 11 is 0. The highest BCUT2D eigenvalue weighted by atomic mass is 16.1. The number of hydrogen-bond acceptors (Lipinski definition) is 4. The lowest BCUT2D eigenvalue weighted by atomic mass is 10.3. The number of aromatic amines is 1. The zero-order chi connectivity index (χ0) is 11.8. The second-order valence-corrected chi connectivity index (χ2v) is 3.61. The van der Waals surface area contributed by atoms with Gasteiger partial charge in [0.2, 0.25) is 0 Å². The Morgan fingerprint density at radius 2 is 2.12 bits per heavy atom. The van der Waals surface area contributed by atoms with Crippen LogP contribution in [-0.2, 0) is 0 Å². The predicted molar refractivity (Wildman–Crippen MR) is 62.0 cm³/mol. The molecule has 84 valence electrons. The van der Waals surface area contributed by atoms with Crippen molar-refractivity contribution in [2.75, 3.05) is 0 Å². The van der Waals surface area contributed by atoms with Gasteiger partial charge < -0.3 is 4.98 Å². The molecule has 0 saturated heterocycles. The quantitative estimate of drug-likeness (QED) is 0.667. The van der Waals surface area contributed by atoms with Gasteiger partial charge in [0, 0.05) is 6.20 Å². The minimum atomic E-state index is -0.243. The number of rotatable bonds is 1. The van der Waals surface area contributed by atoms with Gasteiger partial charge in [-0.05, 0) is 19.1 Å². The Labute approximate surface area is 96.0 Å². The van der Waals surface area contributed by atoms with Gasteiger partial charge in [0.05, 0.1) is 12.0 Å². The summed E-state index contributed by atoms with van der Waals surface area (Å²) in [5.74, 6) is 0.669. The highest BCUT2D eigenvalue weighted by Crippen LogP contribution is 2.14. The first-order valence-electron chi connectivity index (χ1n) is 5.12. The molecule has 17 heavy (non-hydrogen) atoms. The van der Waals surface area contributed by atoms with Crippen molar-refractivity contribution in [2.45, 2.75) is 6.92 Å². The van der Waals surface area contributed by atoms with Crippen molar-refractivity contribution in [3.63, 3.8) is 0 Å². The highest BCUT2D eigenvalue weighted by molar-refractivity contribution is 5.76. The summed E-state index contributed by atoms with van der Waals surface area (Å²) in [7, 11) is 0. The number of nitrogens with zero attached hydrogens (tertiary/aromatic N) is 4. The van der Waals surface area contributed by atoms with Crippen LogP contribution in [0, 0.1) is 6.92 Å². The molecule has 0 saturated carbocycles. The number of nitrogens with one attached hydrogen (secondary N) is 1. The Kier molecular flexibility index (Phi) is 2.01. The molecule has 3 rings (SSSR count). The lowest BCUT2D eigenvalue weighted by Gasteiger charge is -2.00. The van der Waals surface area contributed by atoms with Gasteiger partial charge in [-0.2, -0.15) is 5.10 Å². The molecular formula is C11H9N5O. The molecule has 1 N–H and O–H groups in total. The maximum atomic E-state index is 11.6. The van der Waals surface area contributed by atoms with E-state index in [9.17, 15) is 4.79 Å². The summed E-state index contributed by atoms with van der Waals surface area (Å²) in [5, 5.41) is 4.23. The fourth-order valence-electron chi connectivity index (χ4n) is 1.73. The van der Waals surface area contributed by atoms with Gasteiger partial charge in [-0.25, -0.2) is 14.6 Å². The highest BCUT2D eigenvalue weighted by Gasteiger charge is 2.12. The summed E-state index contributed by atoms with van der Waals surface area (Å²) < 4.78 is 1.62. The lowest BCUT2D eigenvalue weighted by Crippen LogP contribution is -2.06. The maximum Gasteiger partial charge on any atom is 0.279 e. The van der Waals surface area contributed by atoms with Crippen LogP contribution in [0.25, 0.3) is 16.9 Å². The van der Waals surface area contributed by atoms with E-state index in [1.807, 2.05) is 25.1 Å². The fourth-order valence-corrected chi connectivity index (χ4v) is 1.73. The topological polar surface area (TPSA) is 76.5 Å². The smallest absolute Gasteiger partial charge is 0.279 e. The Morgan fingerprint density at radius 1 is 1.24 bits per heavy atom. The van der Waals surface area contributed by atoms with Crippen molar-refractivity contribution in [1.82, 2.24) is 24.7 Å². The third kappa shape index (κ3) is 1.42. The van der Waals surface area contributed by atoms with E-state index < -0.39 is 0 Å². The van der Waals surface area contributed by atoms with Crippen LogP contribution in [0.15, 0.2) is 35.5 Å². The molecule has 6 heteroatoms. The molecule has 3 heterocycles. The Bertz CT molecular complexity index is 728. The Morgan fingerprint density at radius 3 is 2.82 bits per heavy atom. The van der Waals surface area contributed by atoms with Crippen LogP contribution in [0.2, 0.25) is 0 Å². The number of aryl methyl sites for hydroxylation is 1. The standard InChI is InChI=1S/C11H9N5O/c1-7-9-10(11(17)14-6-13-9)15-16(7)8-4-2-3-5-12-8/h2-6H,1H3,(H,13,14,17). The van der Waals surface area contributed by atoms with E-state index in [-0.39, 0.29) is 5.56 Å². The fraction of sp³-hybridized carbons (Fsp3) is 0.0909. The number of fused-ring (bicyclic) bond motifs is 1. The molecule has 0 bridgehead atoms. The van der Waals surface area contributed by atoms with Crippen molar-refractivity contribution in [1.29, 1.82) is 0 Å². The number of aromatic nitrogens is 5. The zero-order valence-corrected chi connectivity index (χ0v) is 9.08. The van der Waals surface area contributed by atoms with Crippen LogP contribution < -0.4 is 5.56 Å². The summed E-state index contributed by atoms with van der Waals surface area (Å²) in [6, 6.07) is 5.52. The molecule has 3 aromatic heterocycles. The summed E-state index contributed by atoms with van der Waals surface area (Å²) in [5.41, 5.74) is 1.48. The van der Waals surface area contributed by atoms with Gasteiger partial charge in [0.15, 0.2) is 11.3 Å². The Hall–Kier alpha value is -2.50. The molecule has 0 unspecified atom stereocenters. The number of pyridine rings is 1. The average Bonchev–Trinajstić information content (AvgIpc) is 2.70. The van der Waals surface area contributed by atoms with Gasteiger partial charge in [-0.15, -0.1) is 0 Å². The number of H-pyrrole nitrogens is 1. The second kappa shape index (κ2) is 3.51. The SMILES string of the molecule is Cc1c2nc[nH]c(=O)c2nn1-c1ccccn1. The molecule has 0 fully saturated rings. The molecular weight excluding hydrogens is 218 g/mol. The third-order valence-electron chi connectivity index (χ3n) is 2.56. The largest absolute Gasteiger partial charge is 0.311 e. The van der Waals surface area contributed by atoms with Gasteiger partial charge in [-0.3, -0.25) is 4.79 Å². The van der Waals surface area contributed by atoms with E-state index in [1.165, 1.54) is 6.33 Å². The van der Waals surface area contributed by atoms with E-state index >= 15 is 0 Å². The molecule has 0 atom stereocenters. The van der Waals surface area contributed by atoms with Crippen LogP contribution in [-0.4, -0.2) is 24.7 Å². The maximum absolute atomic E-state index is 11.6. The lowest BCUT2D eigenvalue weighted by molar-refractivity contribution is 0.827. The average molecular weight is 227 g/mol. The van der Waals surface area contributed by atoms with Crippen LogP contribution >= 0.6 is 0 Å². The first-order chi connectivity index (χ1) is 8.27. The van der Waals surface area contributed by atoms with Crippen LogP contribution in [0.1, 0.15) is 5.69 Å². The van der Waals surface area contributed by atoms with Gasteiger partial charge >= 0.3 is 0 Å². The monoisotopic (exact) mass is 227 g/mol. The van der Waals surface area contributed by atoms with Crippen molar-refractivity contribution < 1.29 is 0 Å². The van der Waals surface area contributed by atoms with E-state index in [0.29, 0.717) is 16.9 Å². The minimum Gasteiger partial charge on any atom is -0.311 e. The predicted octanol–water partition coefficient (Wildman–Crippen LogP) is 0.812. The third-order valence-corrected chi connectivity index (χ3v) is 2.56. The van der Waals surface area contributed by atoms with Crippen molar-refractivity contribution in [2.24, 2.45) is 0 Å². The molecule has 0 aliphatic rings. The molecule has 0 aliphatic carbocycles. The molecule has 0 aromatic carbocycles. The zero-order valence-electron chi connectivity index (χ0n) is 9.08. The van der Waals surface area contributed by atoms with E-state index in [1.54, 1.807) is 10.9 Å². The van der Waals surface area contributed by atoms with Crippen LogP contribution in [0.3, 0.4) is 0 Å². The molecule has 3 aromatic rings. The van der Waals surface area contributed by atoms with Gasteiger partial charge in [0.25, 0.3) is 5.56 Å². The molecule has 0 aliphatic heterocycles. The molecule has 0 amide bonds. The van der Waals surface area contributed by atoms with Crippen molar-refractivity contribution in [3.05, 3.63) is 46.8 Å². The summed E-state index contributed by atoms with van der Waals surface area (Å²) in [6.07, 6.45) is 3.06. The van der Waals surface area contributed by atoms with Crippen LogP contribution in [0.4, 0.5) is 0 Å².